The molecule has 1 aromatic rings. The highest BCUT2D eigenvalue weighted by molar-refractivity contribution is 7.91. The molecular weight excluding hydrogens is 363 g/mol. The van der Waals surface area contributed by atoms with Gasteiger partial charge in [-0.05, 0) is 50.2 Å². The number of fused-ring (bicyclic) bond motifs is 1. The number of carbonyl (C=O) groups is 2. The molecule has 2 unspecified atom stereocenters. The molecule has 1 heterocycles. The number of amides is 1. The van der Waals surface area contributed by atoms with Crippen molar-refractivity contribution >= 4 is 27.6 Å². The molecule has 0 bridgehead atoms. The summed E-state index contributed by atoms with van der Waals surface area (Å²) in [5.41, 5.74) is -0.804. The van der Waals surface area contributed by atoms with E-state index in [4.69, 9.17) is 5.11 Å². The Morgan fingerprint density at radius 1 is 1.23 bits per heavy atom. The van der Waals surface area contributed by atoms with Gasteiger partial charge in [0.05, 0.1) is 21.6 Å². The number of anilines is 1. The van der Waals surface area contributed by atoms with Gasteiger partial charge in [0.15, 0.2) is 5.82 Å². The van der Waals surface area contributed by atoms with E-state index >= 15 is 0 Å². The zero-order valence-corrected chi connectivity index (χ0v) is 15.0. The maximum absolute atomic E-state index is 14.9. The highest BCUT2D eigenvalue weighted by atomic mass is 32.2. The second-order valence-electron chi connectivity index (χ2n) is 7.67. The minimum absolute atomic E-state index is 0.120. The van der Waals surface area contributed by atoms with Gasteiger partial charge in [0.2, 0.25) is 10.0 Å². The van der Waals surface area contributed by atoms with Gasteiger partial charge in [-0.1, -0.05) is 0 Å². The van der Waals surface area contributed by atoms with Crippen LogP contribution in [0.5, 0.6) is 0 Å². The van der Waals surface area contributed by atoms with Crippen molar-refractivity contribution in [2.24, 2.45) is 11.8 Å². The SMILES string of the molecule is CC1(S(=O)(=O)NC(=O)c2ccc(C(=O)O)c(F)c2N2CC3CC3C2)CC1. The van der Waals surface area contributed by atoms with Gasteiger partial charge in [-0.2, -0.15) is 0 Å². The van der Waals surface area contributed by atoms with Crippen LogP contribution in [-0.4, -0.2) is 43.2 Å². The Hall–Kier alpha value is -2.16. The van der Waals surface area contributed by atoms with E-state index in [2.05, 4.69) is 0 Å². The van der Waals surface area contributed by atoms with Crippen LogP contribution < -0.4 is 9.62 Å². The number of carbonyl (C=O) groups excluding carboxylic acids is 1. The number of rotatable bonds is 5. The summed E-state index contributed by atoms with van der Waals surface area (Å²) in [6.07, 6.45) is 1.97. The zero-order chi connectivity index (χ0) is 18.9. The van der Waals surface area contributed by atoms with E-state index in [1.807, 2.05) is 4.72 Å². The van der Waals surface area contributed by atoms with Crippen LogP contribution in [0, 0.1) is 17.7 Å². The van der Waals surface area contributed by atoms with Crippen LogP contribution in [0.2, 0.25) is 0 Å². The average molecular weight is 382 g/mol. The van der Waals surface area contributed by atoms with Gasteiger partial charge in [0, 0.05) is 13.1 Å². The first-order valence-corrected chi connectivity index (χ1v) is 9.99. The molecule has 140 valence electrons. The minimum atomic E-state index is -3.87. The minimum Gasteiger partial charge on any atom is -0.478 e. The van der Waals surface area contributed by atoms with Gasteiger partial charge >= 0.3 is 5.97 Å². The summed E-state index contributed by atoms with van der Waals surface area (Å²) in [6, 6.07) is 2.18. The van der Waals surface area contributed by atoms with E-state index in [0.29, 0.717) is 37.8 Å². The number of nitrogens with one attached hydrogen (secondary N) is 1. The molecule has 3 fully saturated rings. The first kappa shape index (κ1) is 17.3. The highest BCUT2D eigenvalue weighted by Gasteiger charge is 2.51. The van der Waals surface area contributed by atoms with Crippen LogP contribution in [-0.2, 0) is 10.0 Å². The van der Waals surface area contributed by atoms with Crippen molar-refractivity contribution in [3.63, 3.8) is 0 Å². The third-order valence-electron chi connectivity index (χ3n) is 5.72. The Morgan fingerprint density at radius 3 is 2.35 bits per heavy atom. The van der Waals surface area contributed by atoms with Crippen molar-refractivity contribution < 1.29 is 27.5 Å². The molecule has 2 N–H and O–H groups in total. The van der Waals surface area contributed by atoms with Crippen LogP contribution in [0.3, 0.4) is 0 Å². The molecule has 2 saturated carbocycles. The normalized spacial score (nSPS) is 25.5. The lowest BCUT2D eigenvalue weighted by atomic mass is 10.1. The quantitative estimate of drug-likeness (QED) is 0.802. The Bertz CT molecular complexity index is 915. The fraction of sp³-hybridized carbons (Fsp3) is 0.529. The number of benzene rings is 1. The van der Waals surface area contributed by atoms with E-state index < -0.39 is 38.0 Å². The molecule has 1 aliphatic heterocycles. The monoisotopic (exact) mass is 382 g/mol. The predicted octanol–water partition coefficient (Wildman–Crippen LogP) is 1.59. The van der Waals surface area contributed by atoms with Crippen molar-refractivity contribution in [2.45, 2.75) is 30.9 Å². The van der Waals surface area contributed by atoms with Crippen LogP contribution in [0.4, 0.5) is 10.1 Å². The highest BCUT2D eigenvalue weighted by Crippen LogP contribution is 2.47. The summed E-state index contributed by atoms with van der Waals surface area (Å²) >= 11 is 0. The van der Waals surface area contributed by atoms with Crippen molar-refractivity contribution in [2.75, 3.05) is 18.0 Å². The van der Waals surface area contributed by atoms with Gasteiger partial charge < -0.3 is 10.0 Å². The molecule has 2 atom stereocenters. The fourth-order valence-corrected chi connectivity index (χ4v) is 4.79. The predicted molar refractivity (Wildman–Crippen MR) is 91.2 cm³/mol. The van der Waals surface area contributed by atoms with Gasteiger partial charge in [-0.3, -0.25) is 4.79 Å². The lowest BCUT2D eigenvalue weighted by Gasteiger charge is -2.24. The summed E-state index contributed by atoms with van der Waals surface area (Å²) < 4.78 is 40.6. The van der Waals surface area contributed by atoms with Crippen molar-refractivity contribution in [3.8, 4) is 0 Å². The third kappa shape index (κ3) is 2.65. The van der Waals surface area contributed by atoms with E-state index in [0.717, 1.165) is 12.5 Å². The molecule has 2 aliphatic carbocycles. The van der Waals surface area contributed by atoms with E-state index in [1.165, 1.54) is 6.07 Å². The van der Waals surface area contributed by atoms with Crippen molar-refractivity contribution in [1.82, 2.24) is 4.72 Å². The van der Waals surface area contributed by atoms with E-state index in [9.17, 15) is 22.4 Å². The van der Waals surface area contributed by atoms with Crippen LogP contribution in [0.1, 0.15) is 46.9 Å². The number of hydrogen-bond donors (Lipinski definition) is 2. The number of halogens is 1. The number of carboxylic acids is 1. The molecule has 3 aliphatic rings. The molecule has 7 nitrogen and oxygen atoms in total. The Kier molecular flexibility index (Phi) is 3.60. The molecular formula is C17H19FN2O5S. The molecule has 26 heavy (non-hydrogen) atoms. The summed E-state index contributed by atoms with van der Waals surface area (Å²) in [5, 5.41) is 9.17. The van der Waals surface area contributed by atoms with E-state index in [-0.39, 0.29) is 11.3 Å². The fourth-order valence-electron chi connectivity index (χ4n) is 3.55. The Labute approximate surface area is 150 Å². The smallest absolute Gasteiger partial charge is 0.338 e. The molecule has 0 radical (unpaired) electrons. The largest absolute Gasteiger partial charge is 0.478 e. The average Bonchev–Trinajstić information content (AvgIpc) is 3.45. The molecule has 4 rings (SSSR count). The molecule has 0 aromatic heterocycles. The van der Waals surface area contributed by atoms with Crippen molar-refractivity contribution in [3.05, 3.63) is 29.1 Å². The summed E-state index contributed by atoms with van der Waals surface area (Å²) in [6.45, 7) is 2.62. The molecule has 1 saturated heterocycles. The van der Waals surface area contributed by atoms with Gasteiger partial charge in [0.1, 0.15) is 0 Å². The molecule has 0 spiro atoms. The Balaban J connectivity index is 1.71. The maximum atomic E-state index is 14.9. The first-order chi connectivity index (χ1) is 12.1. The Morgan fingerprint density at radius 2 is 1.81 bits per heavy atom. The second-order valence-corrected chi connectivity index (χ2v) is 9.87. The first-order valence-electron chi connectivity index (χ1n) is 8.50. The second kappa shape index (κ2) is 5.42. The number of piperidine rings is 1. The molecule has 1 amide bonds. The van der Waals surface area contributed by atoms with Gasteiger partial charge in [-0.15, -0.1) is 0 Å². The van der Waals surface area contributed by atoms with Crippen molar-refractivity contribution in [1.29, 1.82) is 0 Å². The summed E-state index contributed by atoms with van der Waals surface area (Å²) in [5.74, 6) is -2.51. The lowest BCUT2D eigenvalue weighted by molar-refractivity contribution is 0.0691. The number of aromatic carboxylic acids is 1. The standard InChI is InChI=1S/C17H19FN2O5S/c1-17(4-5-17)26(24,25)19-15(21)12-3-2-11(16(22)23)13(18)14(12)20-7-9-6-10(9)8-20/h2-3,9-10H,4-8H2,1H3,(H,19,21)(H,22,23). The van der Waals surface area contributed by atoms with E-state index in [1.54, 1.807) is 11.8 Å². The van der Waals surface area contributed by atoms with Crippen LogP contribution in [0.15, 0.2) is 12.1 Å². The number of hydrogen-bond acceptors (Lipinski definition) is 5. The van der Waals surface area contributed by atoms with Crippen LogP contribution >= 0.6 is 0 Å². The molecule has 1 aromatic carbocycles. The third-order valence-corrected chi connectivity index (χ3v) is 7.88. The number of sulfonamides is 1. The number of nitrogens with zero attached hydrogens (tertiary/aromatic N) is 1. The van der Waals surface area contributed by atoms with Gasteiger partial charge in [-0.25, -0.2) is 22.3 Å². The van der Waals surface area contributed by atoms with Crippen LogP contribution in [0.25, 0.3) is 0 Å². The topological polar surface area (TPSA) is 104 Å². The number of carboxylic acid groups (broad SMARTS) is 1. The maximum Gasteiger partial charge on any atom is 0.338 e. The lowest BCUT2D eigenvalue weighted by Crippen LogP contribution is -2.39. The molecule has 9 heteroatoms. The summed E-state index contributed by atoms with van der Waals surface area (Å²) in [7, 11) is -3.87. The zero-order valence-electron chi connectivity index (χ0n) is 14.2. The van der Waals surface area contributed by atoms with Gasteiger partial charge in [0.25, 0.3) is 5.91 Å². The summed E-state index contributed by atoms with van der Waals surface area (Å²) in [4.78, 5) is 25.5.